The molecule has 1 aromatic carbocycles. The monoisotopic (exact) mass is 190 g/mol. The molecule has 1 aliphatic rings. The van der Waals surface area contributed by atoms with Crippen molar-refractivity contribution in [1.29, 1.82) is 0 Å². The van der Waals surface area contributed by atoms with Crippen LogP contribution in [0.1, 0.15) is 12.8 Å². The Bertz CT molecular complexity index is 332. The average molecular weight is 190 g/mol. The Morgan fingerprint density at radius 3 is 2.50 bits per heavy atom. The van der Waals surface area contributed by atoms with Gasteiger partial charge in [0.25, 0.3) is 0 Å². The molecule has 1 aliphatic heterocycles. The number of carbonyl (C=O) groups excluding carboxylic acids is 1. The van der Waals surface area contributed by atoms with Gasteiger partial charge in [0.05, 0.1) is 0 Å². The van der Waals surface area contributed by atoms with Crippen LogP contribution >= 0.6 is 0 Å². The van der Waals surface area contributed by atoms with Gasteiger partial charge in [0.1, 0.15) is 0 Å². The second-order valence-corrected chi connectivity index (χ2v) is 3.45. The predicted molar refractivity (Wildman–Crippen MR) is 57.6 cm³/mol. The average Bonchev–Trinajstić information content (AvgIpc) is 2.65. The van der Waals surface area contributed by atoms with Crippen LogP contribution in [0, 0.1) is 0 Å². The van der Waals surface area contributed by atoms with Crippen molar-refractivity contribution in [1.82, 2.24) is 0 Å². The Morgan fingerprint density at radius 2 is 2.00 bits per heavy atom. The molecule has 0 radical (unpaired) electrons. The molecule has 1 aromatic rings. The van der Waals surface area contributed by atoms with E-state index in [1.165, 1.54) is 0 Å². The molecule has 3 nitrogen and oxygen atoms in total. The van der Waals surface area contributed by atoms with Gasteiger partial charge in [-0.25, -0.2) is 0 Å². The Labute approximate surface area is 83.7 Å². The van der Waals surface area contributed by atoms with Gasteiger partial charge in [0.2, 0.25) is 5.91 Å². The number of rotatable bonds is 2. The quantitative estimate of drug-likeness (QED) is 0.772. The van der Waals surface area contributed by atoms with E-state index in [4.69, 9.17) is 0 Å². The fourth-order valence-corrected chi connectivity index (χ4v) is 1.73. The second-order valence-electron chi connectivity index (χ2n) is 3.45. The van der Waals surface area contributed by atoms with E-state index < -0.39 is 0 Å². The fraction of sp³-hybridized carbons (Fsp3) is 0.364. The number of nitrogens with zero attached hydrogens (tertiary/aromatic N) is 1. The van der Waals surface area contributed by atoms with Crippen LogP contribution in [0.2, 0.25) is 0 Å². The maximum atomic E-state index is 11.4. The number of amides is 1. The molecule has 1 N–H and O–H groups in total. The first-order chi connectivity index (χ1) is 6.81. The van der Waals surface area contributed by atoms with E-state index in [2.05, 4.69) is 5.32 Å². The van der Waals surface area contributed by atoms with E-state index in [1.807, 2.05) is 36.2 Å². The van der Waals surface area contributed by atoms with Crippen molar-refractivity contribution < 1.29 is 4.79 Å². The van der Waals surface area contributed by atoms with Crippen molar-refractivity contribution in [2.45, 2.75) is 12.8 Å². The molecule has 0 aliphatic carbocycles. The summed E-state index contributed by atoms with van der Waals surface area (Å²) in [6, 6.07) is 7.94. The van der Waals surface area contributed by atoms with Crippen LogP contribution in [0.3, 0.4) is 0 Å². The summed E-state index contributed by atoms with van der Waals surface area (Å²) >= 11 is 0. The minimum Gasteiger partial charge on any atom is -0.388 e. The number of hydrogen-bond donors (Lipinski definition) is 1. The number of carbonyl (C=O) groups is 1. The lowest BCUT2D eigenvalue weighted by Crippen LogP contribution is -2.23. The summed E-state index contributed by atoms with van der Waals surface area (Å²) < 4.78 is 0. The molecule has 1 saturated heterocycles. The van der Waals surface area contributed by atoms with Crippen LogP contribution in [0.5, 0.6) is 0 Å². The highest BCUT2D eigenvalue weighted by molar-refractivity contribution is 5.95. The number of anilines is 2. The van der Waals surface area contributed by atoms with Gasteiger partial charge in [0, 0.05) is 31.4 Å². The van der Waals surface area contributed by atoms with Crippen molar-refractivity contribution in [3.63, 3.8) is 0 Å². The summed E-state index contributed by atoms with van der Waals surface area (Å²) in [4.78, 5) is 13.3. The van der Waals surface area contributed by atoms with Gasteiger partial charge >= 0.3 is 0 Å². The molecule has 0 saturated carbocycles. The molecule has 2 rings (SSSR count). The van der Waals surface area contributed by atoms with Gasteiger partial charge in [-0.1, -0.05) is 0 Å². The molecule has 0 aromatic heterocycles. The predicted octanol–water partition coefficient (Wildman–Crippen LogP) is 1.86. The summed E-state index contributed by atoms with van der Waals surface area (Å²) in [6.07, 6.45) is 1.67. The molecule has 14 heavy (non-hydrogen) atoms. The van der Waals surface area contributed by atoms with Crippen molar-refractivity contribution in [3.05, 3.63) is 24.3 Å². The van der Waals surface area contributed by atoms with E-state index in [9.17, 15) is 4.79 Å². The molecule has 1 amide bonds. The first kappa shape index (κ1) is 9.06. The van der Waals surface area contributed by atoms with E-state index in [0.29, 0.717) is 6.42 Å². The summed E-state index contributed by atoms with van der Waals surface area (Å²) in [7, 11) is 1.88. The SMILES string of the molecule is CNc1ccc(N2CCCC2=O)cc1. The van der Waals surface area contributed by atoms with E-state index in [1.54, 1.807) is 0 Å². The molecule has 0 bridgehead atoms. The van der Waals surface area contributed by atoms with Gasteiger partial charge in [-0.15, -0.1) is 0 Å². The molecule has 0 unspecified atom stereocenters. The molecular formula is C11H14N2O. The third-order valence-corrected chi connectivity index (χ3v) is 2.54. The number of nitrogens with one attached hydrogen (secondary N) is 1. The molecule has 1 fully saturated rings. The topological polar surface area (TPSA) is 32.3 Å². The largest absolute Gasteiger partial charge is 0.388 e. The van der Waals surface area contributed by atoms with Crippen molar-refractivity contribution in [2.75, 3.05) is 23.8 Å². The maximum absolute atomic E-state index is 11.4. The Balaban J connectivity index is 2.20. The van der Waals surface area contributed by atoms with Gasteiger partial charge < -0.3 is 10.2 Å². The van der Waals surface area contributed by atoms with Gasteiger partial charge in [0.15, 0.2) is 0 Å². The molecule has 0 spiro atoms. The third kappa shape index (κ3) is 1.58. The van der Waals surface area contributed by atoms with Crippen molar-refractivity contribution in [3.8, 4) is 0 Å². The maximum Gasteiger partial charge on any atom is 0.227 e. The van der Waals surface area contributed by atoms with Gasteiger partial charge in [-0.2, -0.15) is 0 Å². The summed E-state index contributed by atoms with van der Waals surface area (Å²) in [5, 5.41) is 3.05. The summed E-state index contributed by atoms with van der Waals surface area (Å²) in [5.74, 6) is 0.238. The van der Waals surface area contributed by atoms with Crippen LogP contribution in [0.4, 0.5) is 11.4 Å². The smallest absolute Gasteiger partial charge is 0.227 e. The molecule has 74 valence electrons. The minimum absolute atomic E-state index is 0.238. The number of benzene rings is 1. The standard InChI is InChI=1S/C11H14N2O/c1-12-9-4-6-10(7-5-9)13-8-2-3-11(13)14/h4-7,12H,2-3,8H2,1H3. The first-order valence-electron chi connectivity index (χ1n) is 4.89. The molecule has 3 heteroatoms. The lowest BCUT2D eigenvalue weighted by molar-refractivity contribution is -0.117. The normalized spacial score (nSPS) is 16.1. The van der Waals surface area contributed by atoms with Crippen LogP contribution in [-0.4, -0.2) is 19.5 Å². The number of hydrogen-bond acceptors (Lipinski definition) is 2. The minimum atomic E-state index is 0.238. The van der Waals surface area contributed by atoms with E-state index in [0.717, 1.165) is 24.3 Å². The zero-order valence-corrected chi connectivity index (χ0v) is 8.29. The van der Waals surface area contributed by atoms with Crippen LogP contribution < -0.4 is 10.2 Å². The second kappa shape index (κ2) is 3.70. The summed E-state index contributed by atoms with van der Waals surface area (Å²) in [5.41, 5.74) is 2.08. The Morgan fingerprint density at radius 1 is 1.29 bits per heavy atom. The highest BCUT2D eigenvalue weighted by Gasteiger charge is 2.21. The van der Waals surface area contributed by atoms with Crippen molar-refractivity contribution >= 4 is 17.3 Å². The Kier molecular flexibility index (Phi) is 2.39. The highest BCUT2D eigenvalue weighted by Crippen LogP contribution is 2.22. The van der Waals surface area contributed by atoms with Crippen molar-refractivity contribution in [2.24, 2.45) is 0 Å². The van der Waals surface area contributed by atoms with Crippen LogP contribution in [0.25, 0.3) is 0 Å². The van der Waals surface area contributed by atoms with Gasteiger partial charge in [-0.05, 0) is 30.7 Å². The fourth-order valence-electron chi connectivity index (χ4n) is 1.73. The first-order valence-corrected chi connectivity index (χ1v) is 4.89. The van der Waals surface area contributed by atoms with Crippen LogP contribution in [0.15, 0.2) is 24.3 Å². The zero-order chi connectivity index (χ0) is 9.97. The van der Waals surface area contributed by atoms with Gasteiger partial charge in [-0.3, -0.25) is 4.79 Å². The summed E-state index contributed by atoms with van der Waals surface area (Å²) in [6.45, 7) is 0.859. The lowest BCUT2D eigenvalue weighted by Gasteiger charge is -2.15. The molecular weight excluding hydrogens is 176 g/mol. The van der Waals surface area contributed by atoms with Crippen LogP contribution in [-0.2, 0) is 4.79 Å². The lowest BCUT2D eigenvalue weighted by atomic mass is 10.2. The third-order valence-electron chi connectivity index (χ3n) is 2.54. The highest BCUT2D eigenvalue weighted by atomic mass is 16.2. The zero-order valence-electron chi connectivity index (χ0n) is 8.29. The Hall–Kier alpha value is -1.51. The molecule has 0 atom stereocenters. The molecule has 1 heterocycles. The van der Waals surface area contributed by atoms with E-state index >= 15 is 0 Å². The van der Waals surface area contributed by atoms with E-state index in [-0.39, 0.29) is 5.91 Å².